The van der Waals surface area contributed by atoms with E-state index in [1.54, 1.807) is 4.31 Å². The predicted octanol–water partition coefficient (Wildman–Crippen LogP) is 1.45. The van der Waals surface area contributed by atoms with Crippen molar-refractivity contribution in [2.75, 3.05) is 18.8 Å². The van der Waals surface area contributed by atoms with Crippen molar-refractivity contribution in [1.29, 1.82) is 0 Å². The minimum Gasteiger partial charge on any atom is -0.422 e. The van der Waals surface area contributed by atoms with Crippen LogP contribution in [0.1, 0.15) is 56.4 Å². The van der Waals surface area contributed by atoms with Crippen molar-refractivity contribution in [3.05, 3.63) is 11.8 Å². The van der Waals surface area contributed by atoms with Crippen LogP contribution < -0.4 is 0 Å². The molecule has 122 valence electrons. The first-order chi connectivity index (χ1) is 10.6. The Morgan fingerprint density at radius 1 is 1.23 bits per heavy atom. The second kappa shape index (κ2) is 5.28. The van der Waals surface area contributed by atoms with Gasteiger partial charge in [-0.15, -0.1) is 10.2 Å². The first kappa shape index (κ1) is 14.6. The lowest BCUT2D eigenvalue weighted by Gasteiger charge is -2.17. The smallest absolute Gasteiger partial charge is 0.245 e. The molecule has 0 radical (unpaired) electrons. The zero-order valence-corrected chi connectivity index (χ0v) is 13.5. The lowest BCUT2D eigenvalue weighted by atomic mass is 10.0. The Balaban J connectivity index is 1.40. The second-order valence-corrected chi connectivity index (χ2v) is 8.63. The summed E-state index contributed by atoms with van der Waals surface area (Å²) < 4.78 is 37.5. The monoisotopic (exact) mass is 327 g/mol. The highest BCUT2D eigenvalue weighted by Gasteiger charge is 2.47. The van der Waals surface area contributed by atoms with Crippen LogP contribution in [0.5, 0.6) is 0 Å². The van der Waals surface area contributed by atoms with Gasteiger partial charge in [-0.25, -0.2) is 8.42 Å². The van der Waals surface area contributed by atoms with Crippen LogP contribution in [-0.4, -0.2) is 47.9 Å². The molecule has 0 aromatic carbocycles. The first-order valence-electron chi connectivity index (χ1n) is 8.03. The Morgan fingerprint density at radius 3 is 2.68 bits per heavy atom. The number of nitrogens with zero attached hydrogens (tertiary/aromatic N) is 3. The standard InChI is InChI=1S/C14H21N3O4S/c1-2-5-22(18,19)17-7-10-6-11(20-12(10)8-17)14-16-15-13(21-14)9-3-4-9/h9-12H,2-8H2,1H3/t10-,11-,12+/m1/s1. The Morgan fingerprint density at radius 2 is 2.00 bits per heavy atom. The Kier molecular flexibility index (Phi) is 3.50. The zero-order valence-electron chi connectivity index (χ0n) is 12.6. The molecule has 7 nitrogen and oxygen atoms in total. The van der Waals surface area contributed by atoms with Gasteiger partial charge in [-0.1, -0.05) is 6.92 Å². The summed E-state index contributed by atoms with van der Waals surface area (Å²) in [4.78, 5) is 0. The Labute approximate surface area is 130 Å². The van der Waals surface area contributed by atoms with Crippen LogP contribution in [0.4, 0.5) is 0 Å². The molecule has 1 saturated carbocycles. The van der Waals surface area contributed by atoms with E-state index in [1.807, 2.05) is 6.92 Å². The average molecular weight is 327 g/mol. The number of ether oxygens (including phenoxy) is 1. The van der Waals surface area contributed by atoms with Crippen molar-refractivity contribution in [1.82, 2.24) is 14.5 Å². The van der Waals surface area contributed by atoms with E-state index in [4.69, 9.17) is 9.15 Å². The number of fused-ring (bicyclic) bond motifs is 1. The molecule has 1 aromatic rings. The topological polar surface area (TPSA) is 85.5 Å². The van der Waals surface area contributed by atoms with Gasteiger partial charge in [0, 0.05) is 24.9 Å². The van der Waals surface area contributed by atoms with Crippen LogP contribution in [-0.2, 0) is 14.8 Å². The summed E-state index contributed by atoms with van der Waals surface area (Å²) in [5.41, 5.74) is 0. The van der Waals surface area contributed by atoms with E-state index in [1.165, 1.54) is 0 Å². The third kappa shape index (κ3) is 2.57. The molecule has 3 aliphatic rings. The molecule has 2 saturated heterocycles. The second-order valence-electron chi connectivity index (χ2n) is 6.54. The molecule has 3 atom stereocenters. The number of hydrogen-bond acceptors (Lipinski definition) is 6. The maximum Gasteiger partial charge on any atom is 0.245 e. The molecular formula is C14H21N3O4S. The molecule has 0 unspecified atom stereocenters. The molecule has 0 amide bonds. The van der Waals surface area contributed by atoms with E-state index in [0.717, 1.165) is 25.2 Å². The molecule has 3 fully saturated rings. The average Bonchev–Trinajstić information content (AvgIpc) is 2.89. The van der Waals surface area contributed by atoms with Gasteiger partial charge in [0.15, 0.2) is 0 Å². The molecule has 2 aliphatic heterocycles. The van der Waals surface area contributed by atoms with Crippen molar-refractivity contribution in [2.24, 2.45) is 5.92 Å². The fourth-order valence-corrected chi connectivity index (χ4v) is 4.94. The summed E-state index contributed by atoms with van der Waals surface area (Å²) in [6.07, 6.45) is 3.43. The first-order valence-corrected chi connectivity index (χ1v) is 9.64. The van der Waals surface area contributed by atoms with Gasteiger partial charge < -0.3 is 9.15 Å². The third-order valence-electron chi connectivity index (χ3n) is 4.72. The molecular weight excluding hydrogens is 306 g/mol. The van der Waals surface area contributed by atoms with E-state index >= 15 is 0 Å². The van der Waals surface area contributed by atoms with Gasteiger partial charge in [0.25, 0.3) is 0 Å². The predicted molar refractivity (Wildman–Crippen MR) is 77.6 cm³/mol. The van der Waals surface area contributed by atoms with E-state index in [-0.39, 0.29) is 23.9 Å². The summed E-state index contributed by atoms with van der Waals surface area (Å²) >= 11 is 0. The maximum absolute atomic E-state index is 12.1. The number of rotatable bonds is 5. The highest BCUT2D eigenvalue weighted by molar-refractivity contribution is 7.89. The van der Waals surface area contributed by atoms with E-state index < -0.39 is 10.0 Å². The van der Waals surface area contributed by atoms with Crippen LogP contribution in [0, 0.1) is 5.92 Å². The number of sulfonamides is 1. The fourth-order valence-electron chi connectivity index (χ4n) is 3.37. The van der Waals surface area contributed by atoms with Gasteiger partial charge in [0.2, 0.25) is 21.8 Å². The zero-order chi connectivity index (χ0) is 15.3. The molecule has 1 aliphatic carbocycles. The molecule has 0 spiro atoms. The number of aromatic nitrogens is 2. The Bertz CT molecular complexity index is 641. The van der Waals surface area contributed by atoms with Crippen LogP contribution in [0.25, 0.3) is 0 Å². The maximum atomic E-state index is 12.1. The summed E-state index contributed by atoms with van der Waals surface area (Å²) in [5, 5.41) is 8.20. The van der Waals surface area contributed by atoms with Crippen LogP contribution in [0.2, 0.25) is 0 Å². The quantitative estimate of drug-likeness (QED) is 0.813. The highest BCUT2D eigenvalue weighted by atomic mass is 32.2. The van der Waals surface area contributed by atoms with E-state index in [2.05, 4.69) is 10.2 Å². The molecule has 0 bridgehead atoms. The van der Waals surface area contributed by atoms with Crippen LogP contribution >= 0.6 is 0 Å². The van der Waals surface area contributed by atoms with Gasteiger partial charge >= 0.3 is 0 Å². The molecule has 8 heteroatoms. The van der Waals surface area contributed by atoms with Crippen LogP contribution in [0.15, 0.2) is 4.42 Å². The lowest BCUT2D eigenvalue weighted by molar-refractivity contribution is 0.0276. The van der Waals surface area contributed by atoms with Crippen molar-refractivity contribution in [3.63, 3.8) is 0 Å². The summed E-state index contributed by atoms with van der Waals surface area (Å²) in [7, 11) is -3.13. The van der Waals surface area contributed by atoms with Gasteiger partial charge in [0.05, 0.1) is 11.9 Å². The normalized spacial score (nSPS) is 32.5. The summed E-state index contributed by atoms with van der Waals surface area (Å²) in [6, 6.07) is 0. The van der Waals surface area contributed by atoms with E-state index in [0.29, 0.717) is 31.3 Å². The van der Waals surface area contributed by atoms with Crippen molar-refractivity contribution in [2.45, 2.75) is 50.7 Å². The molecule has 1 aromatic heterocycles. The minimum absolute atomic E-state index is 0.0482. The minimum atomic E-state index is -3.13. The SMILES string of the molecule is CCCS(=O)(=O)N1C[C@H]2C[C@H](c3nnc(C4CC4)o3)O[C@H]2C1. The third-order valence-corrected chi connectivity index (χ3v) is 6.73. The largest absolute Gasteiger partial charge is 0.422 e. The summed E-state index contributed by atoms with van der Waals surface area (Å²) in [5.74, 6) is 2.16. The number of hydrogen-bond donors (Lipinski definition) is 0. The van der Waals surface area contributed by atoms with Gasteiger partial charge in [0.1, 0.15) is 6.10 Å². The summed E-state index contributed by atoms with van der Waals surface area (Å²) in [6.45, 7) is 2.88. The van der Waals surface area contributed by atoms with Gasteiger partial charge in [-0.05, 0) is 25.7 Å². The van der Waals surface area contributed by atoms with Crippen molar-refractivity contribution in [3.8, 4) is 0 Å². The highest BCUT2D eigenvalue weighted by Crippen LogP contribution is 2.43. The molecule has 0 N–H and O–H groups in total. The Hall–Kier alpha value is -0.990. The van der Waals surface area contributed by atoms with Crippen LogP contribution in [0.3, 0.4) is 0 Å². The van der Waals surface area contributed by atoms with E-state index in [9.17, 15) is 8.42 Å². The fraction of sp³-hybridized carbons (Fsp3) is 0.857. The van der Waals surface area contributed by atoms with Crippen molar-refractivity contribution < 1.29 is 17.6 Å². The van der Waals surface area contributed by atoms with Gasteiger partial charge in [-0.2, -0.15) is 4.31 Å². The molecule has 3 heterocycles. The van der Waals surface area contributed by atoms with Crippen molar-refractivity contribution >= 4 is 10.0 Å². The van der Waals surface area contributed by atoms with Gasteiger partial charge in [-0.3, -0.25) is 0 Å². The molecule has 4 rings (SSSR count). The molecule has 22 heavy (non-hydrogen) atoms. The lowest BCUT2D eigenvalue weighted by Crippen LogP contribution is -2.32.